The summed E-state index contributed by atoms with van der Waals surface area (Å²) in [7, 11) is 0. The third kappa shape index (κ3) is 3.17. The first-order chi connectivity index (χ1) is 10.7. The second-order valence-corrected chi connectivity index (χ2v) is 5.74. The highest BCUT2D eigenvalue weighted by Gasteiger charge is 2.36. The van der Waals surface area contributed by atoms with Crippen LogP contribution in [0.15, 0.2) is 36.7 Å². The Bertz CT molecular complexity index is 641. The first kappa shape index (κ1) is 14.7. The number of aromatic nitrogens is 3. The highest BCUT2D eigenvalue weighted by molar-refractivity contribution is 5.76. The van der Waals surface area contributed by atoms with Gasteiger partial charge in [0, 0.05) is 19.2 Å². The Balaban J connectivity index is 1.47. The van der Waals surface area contributed by atoms with Crippen molar-refractivity contribution in [2.45, 2.75) is 37.8 Å². The molecule has 1 heterocycles. The van der Waals surface area contributed by atoms with Crippen LogP contribution in [0, 0.1) is 0 Å². The maximum atomic E-state index is 11.9. The van der Waals surface area contributed by atoms with Gasteiger partial charge in [-0.15, -0.1) is 5.10 Å². The van der Waals surface area contributed by atoms with Crippen LogP contribution in [0.2, 0.25) is 0 Å². The van der Waals surface area contributed by atoms with Crippen molar-refractivity contribution in [1.29, 1.82) is 0 Å². The van der Waals surface area contributed by atoms with Crippen molar-refractivity contribution in [3.8, 4) is 0 Å². The normalized spacial score (nSPS) is 19.9. The number of aliphatic hydroxyl groups is 1. The van der Waals surface area contributed by atoms with Gasteiger partial charge in [-0.3, -0.25) is 9.48 Å². The lowest BCUT2D eigenvalue weighted by atomic mass is 9.96. The summed E-state index contributed by atoms with van der Waals surface area (Å²) in [5.41, 5.74) is 1.18. The molecule has 116 valence electrons. The van der Waals surface area contributed by atoms with E-state index in [0.717, 1.165) is 12.0 Å². The van der Waals surface area contributed by atoms with Crippen LogP contribution >= 0.6 is 0 Å². The van der Waals surface area contributed by atoms with E-state index >= 15 is 0 Å². The third-order valence-corrected chi connectivity index (χ3v) is 4.17. The monoisotopic (exact) mass is 300 g/mol. The fraction of sp³-hybridized carbons (Fsp3) is 0.438. The Morgan fingerprint density at radius 3 is 3.09 bits per heavy atom. The van der Waals surface area contributed by atoms with Crippen molar-refractivity contribution in [2.75, 3.05) is 6.54 Å². The van der Waals surface area contributed by atoms with Crippen LogP contribution in [0.5, 0.6) is 0 Å². The Morgan fingerprint density at radius 2 is 2.27 bits per heavy atom. The first-order valence-corrected chi connectivity index (χ1v) is 7.59. The van der Waals surface area contributed by atoms with Crippen LogP contribution in [0.3, 0.4) is 0 Å². The Kier molecular flexibility index (Phi) is 4.20. The SMILES string of the molecule is O=C(CCCn1ccnn1)NCC1(O)CCc2ccccc21. The molecule has 2 N–H and O–H groups in total. The number of carbonyl (C=O) groups is 1. The molecule has 1 unspecified atom stereocenters. The lowest BCUT2D eigenvalue weighted by molar-refractivity contribution is -0.122. The Labute approximate surface area is 129 Å². The molecule has 0 bridgehead atoms. The van der Waals surface area contributed by atoms with Crippen molar-refractivity contribution in [2.24, 2.45) is 0 Å². The predicted molar refractivity (Wildman–Crippen MR) is 80.9 cm³/mol. The summed E-state index contributed by atoms with van der Waals surface area (Å²) in [6.07, 6.45) is 6.02. The van der Waals surface area contributed by atoms with Gasteiger partial charge in [0.2, 0.25) is 5.91 Å². The van der Waals surface area contributed by atoms with Crippen molar-refractivity contribution >= 4 is 5.91 Å². The second-order valence-electron chi connectivity index (χ2n) is 5.74. The number of rotatable bonds is 6. The molecule has 0 aliphatic heterocycles. The zero-order valence-electron chi connectivity index (χ0n) is 12.4. The molecule has 0 spiro atoms. The molecule has 1 atom stereocenters. The number of benzene rings is 1. The van der Waals surface area contributed by atoms with Gasteiger partial charge >= 0.3 is 0 Å². The molecule has 1 aromatic carbocycles. The number of hydrogen-bond donors (Lipinski definition) is 2. The minimum atomic E-state index is -0.932. The largest absolute Gasteiger partial charge is 0.383 e. The summed E-state index contributed by atoms with van der Waals surface area (Å²) < 4.78 is 1.70. The van der Waals surface area contributed by atoms with E-state index in [2.05, 4.69) is 15.6 Å². The van der Waals surface area contributed by atoms with Gasteiger partial charge in [-0.05, 0) is 30.4 Å². The summed E-state index contributed by atoms with van der Waals surface area (Å²) in [4.78, 5) is 11.9. The third-order valence-electron chi connectivity index (χ3n) is 4.17. The quantitative estimate of drug-likeness (QED) is 0.834. The predicted octanol–water partition coefficient (Wildman–Crippen LogP) is 1.01. The molecule has 1 amide bonds. The van der Waals surface area contributed by atoms with Gasteiger partial charge < -0.3 is 10.4 Å². The van der Waals surface area contributed by atoms with E-state index in [0.29, 0.717) is 25.8 Å². The molecule has 22 heavy (non-hydrogen) atoms. The average Bonchev–Trinajstić information content (AvgIpc) is 3.15. The number of nitrogens with one attached hydrogen (secondary N) is 1. The molecule has 1 aliphatic rings. The van der Waals surface area contributed by atoms with Gasteiger partial charge in [0.25, 0.3) is 0 Å². The van der Waals surface area contributed by atoms with Crippen LogP contribution in [0.1, 0.15) is 30.4 Å². The number of hydrogen-bond acceptors (Lipinski definition) is 4. The molecule has 1 aliphatic carbocycles. The van der Waals surface area contributed by atoms with Crippen LogP contribution in [-0.4, -0.2) is 32.6 Å². The van der Waals surface area contributed by atoms with Gasteiger partial charge in [0.15, 0.2) is 0 Å². The maximum absolute atomic E-state index is 11.9. The van der Waals surface area contributed by atoms with E-state index in [1.54, 1.807) is 17.1 Å². The van der Waals surface area contributed by atoms with Gasteiger partial charge in [0.05, 0.1) is 12.7 Å². The minimum Gasteiger partial charge on any atom is -0.383 e. The highest BCUT2D eigenvalue weighted by Crippen LogP contribution is 2.36. The van der Waals surface area contributed by atoms with Crippen LogP contribution in [0.25, 0.3) is 0 Å². The molecule has 0 saturated carbocycles. The average molecular weight is 300 g/mol. The van der Waals surface area contributed by atoms with Crippen molar-refractivity contribution in [3.05, 3.63) is 47.8 Å². The number of amides is 1. The van der Waals surface area contributed by atoms with Gasteiger partial charge in [-0.25, -0.2) is 0 Å². The van der Waals surface area contributed by atoms with Crippen LogP contribution < -0.4 is 5.32 Å². The van der Waals surface area contributed by atoms with E-state index in [-0.39, 0.29) is 12.5 Å². The maximum Gasteiger partial charge on any atom is 0.220 e. The van der Waals surface area contributed by atoms with Gasteiger partial charge in [-0.1, -0.05) is 29.5 Å². The smallest absolute Gasteiger partial charge is 0.220 e. The van der Waals surface area contributed by atoms with E-state index in [9.17, 15) is 9.90 Å². The van der Waals surface area contributed by atoms with E-state index in [1.807, 2.05) is 24.3 Å². The Morgan fingerprint density at radius 1 is 1.41 bits per heavy atom. The molecule has 6 heteroatoms. The fourth-order valence-corrected chi connectivity index (χ4v) is 2.94. The molecule has 0 radical (unpaired) electrons. The van der Waals surface area contributed by atoms with Gasteiger partial charge in [-0.2, -0.15) is 0 Å². The zero-order valence-corrected chi connectivity index (χ0v) is 12.4. The van der Waals surface area contributed by atoms with Crippen molar-refractivity contribution in [1.82, 2.24) is 20.3 Å². The molecule has 2 aromatic rings. The summed E-state index contributed by atoms with van der Waals surface area (Å²) >= 11 is 0. The summed E-state index contributed by atoms with van der Waals surface area (Å²) in [5, 5.41) is 21.2. The molecule has 6 nitrogen and oxygen atoms in total. The lowest BCUT2D eigenvalue weighted by Gasteiger charge is -2.24. The van der Waals surface area contributed by atoms with Crippen molar-refractivity contribution < 1.29 is 9.90 Å². The lowest BCUT2D eigenvalue weighted by Crippen LogP contribution is -2.39. The van der Waals surface area contributed by atoms with E-state index in [4.69, 9.17) is 0 Å². The second kappa shape index (κ2) is 6.27. The minimum absolute atomic E-state index is 0.0436. The van der Waals surface area contributed by atoms with Crippen LogP contribution in [-0.2, 0) is 23.4 Å². The molecule has 0 fully saturated rings. The van der Waals surface area contributed by atoms with E-state index in [1.165, 1.54) is 5.56 Å². The number of fused-ring (bicyclic) bond motifs is 1. The molecule has 3 rings (SSSR count). The topological polar surface area (TPSA) is 80.0 Å². The van der Waals surface area contributed by atoms with Crippen LogP contribution in [0.4, 0.5) is 0 Å². The molecule has 0 saturated heterocycles. The summed E-state index contributed by atoms with van der Waals surface area (Å²) in [5.74, 6) is -0.0436. The highest BCUT2D eigenvalue weighted by atomic mass is 16.3. The molecular formula is C16H20N4O2. The summed E-state index contributed by atoms with van der Waals surface area (Å²) in [6.45, 7) is 0.937. The van der Waals surface area contributed by atoms with Gasteiger partial charge in [0.1, 0.15) is 5.60 Å². The fourth-order valence-electron chi connectivity index (χ4n) is 2.94. The number of nitrogens with zero attached hydrogens (tertiary/aromatic N) is 3. The number of carbonyl (C=O) groups excluding carboxylic acids is 1. The molecule has 1 aromatic heterocycles. The standard InChI is InChI=1S/C16H20N4O2/c21-15(6-3-10-20-11-9-18-19-20)17-12-16(22)8-7-13-4-1-2-5-14(13)16/h1-2,4-5,9,11,22H,3,6-8,10,12H2,(H,17,21). The first-order valence-electron chi connectivity index (χ1n) is 7.59. The van der Waals surface area contributed by atoms with Crippen molar-refractivity contribution in [3.63, 3.8) is 0 Å². The van der Waals surface area contributed by atoms with E-state index < -0.39 is 5.60 Å². The summed E-state index contributed by atoms with van der Waals surface area (Å²) in [6, 6.07) is 7.88. The molecular weight excluding hydrogens is 280 g/mol. The number of aryl methyl sites for hydroxylation is 2. The zero-order chi connectivity index (χ0) is 15.4. The Hall–Kier alpha value is -2.21.